The van der Waals surface area contributed by atoms with Gasteiger partial charge in [-0.15, -0.1) is 11.8 Å². The molecule has 3 nitrogen and oxygen atoms in total. The number of nitrogens with zero attached hydrogens (tertiary/aromatic N) is 1. The number of benzene rings is 1. The number of para-hydroxylation sites is 1. The first-order valence-corrected chi connectivity index (χ1v) is 8.59. The van der Waals surface area contributed by atoms with Crippen LogP contribution in [0.25, 0.3) is 0 Å². The zero-order chi connectivity index (χ0) is 13.8. The second-order valence-corrected chi connectivity index (χ2v) is 6.68. The summed E-state index contributed by atoms with van der Waals surface area (Å²) in [6.07, 6.45) is 5.44. The molecule has 108 valence electrons. The Bertz CT molecular complexity index is 471. The lowest BCUT2D eigenvalue weighted by atomic mass is 10.0. The van der Waals surface area contributed by atoms with E-state index >= 15 is 0 Å². The van der Waals surface area contributed by atoms with Crippen LogP contribution in [0.15, 0.2) is 29.2 Å². The molecule has 1 aromatic carbocycles. The van der Waals surface area contributed by atoms with Crippen LogP contribution < -0.4 is 10.2 Å². The van der Waals surface area contributed by atoms with Crippen LogP contribution in [0.3, 0.4) is 0 Å². The molecule has 0 aliphatic carbocycles. The summed E-state index contributed by atoms with van der Waals surface area (Å²) in [5.74, 6) is 1.29. The van der Waals surface area contributed by atoms with Crippen molar-refractivity contribution in [3.63, 3.8) is 0 Å². The van der Waals surface area contributed by atoms with Gasteiger partial charge in [-0.05, 0) is 37.9 Å². The van der Waals surface area contributed by atoms with Crippen molar-refractivity contribution >= 4 is 23.4 Å². The molecule has 1 amide bonds. The van der Waals surface area contributed by atoms with Crippen molar-refractivity contribution in [1.82, 2.24) is 5.32 Å². The van der Waals surface area contributed by atoms with Crippen LogP contribution in [0.1, 0.15) is 32.1 Å². The predicted molar refractivity (Wildman–Crippen MR) is 84.4 cm³/mol. The van der Waals surface area contributed by atoms with Crippen molar-refractivity contribution in [1.29, 1.82) is 0 Å². The molecule has 2 heterocycles. The molecule has 4 heteroatoms. The number of nitrogens with one attached hydrogen (secondary N) is 1. The minimum absolute atomic E-state index is 0.283. The Kier molecular flexibility index (Phi) is 4.63. The Labute approximate surface area is 125 Å². The highest BCUT2D eigenvalue weighted by Crippen LogP contribution is 2.34. The molecule has 0 radical (unpaired) electrons. The normalized spacial score (nSPS) is 22.4. The zero-order valence-corrected chi connectivity index (χ0v) is 12.6. The largest absolute Gasteiger partial charge is 0.314 e. The van der Waals surface area contributed by atoms with E-state index in [9.17, 15) is 4.79 Å². The van der Waals surface area contributed by atoms with Gasteiger partial charge in [0.2, 0.25) is 5.91 Å². The van der Waals surface area contributed by atoms with Gasteiger partial charge in [0, 0.05) is 29.7 Å². The maximum absolute atomic E-state index is 12.5. The maximum atomic E-state index is 12.5. The number of piperidine rings is 1. The number of fused-ring (bicyclic) bond motifs is 1. The Balaban J connectivity index is 1.60. The third-order valence-electron chi connectivity index (χ3n) is 4.15. The van der Waals surface area contributed by atoms with Gasteiger partial charge in [-0.2, -0.15) is 0 Å². The summed E-state index contributed by atoms with van der Waals surface area (Å²) >= 11 is 1.85. The predicted octanol–water partition coefficient (Wildman–Crippen LogP) is 3.05. The molecule has 1 aromatic rings. The summed E-state index contributed by atoms with van der Waals surface area (Å²) in [5.41, 5.74) is 1.10. The fourth-order valence-electron chi connectivity index (χ4n) is 3.03. The molecule has 1 atom stereocenters. The first-order chi connectivity index (χ1) is 9.84. The van der Waals surface area contributed by atoms with E-state index in [2.05, 4.69) is 17.4 Å². The maximum Gasteiger partial charge on any atom is 0.227 e. The van der Waals surface area contributed by atoms with Crippen LogP contribution in [0.5, 0.6) is 0 Å². The topological polar surface area (TPSA) is 32.3 Å². The first-order valence-electron chi connectivity index (χ1n) is 7.60. The first kappa shape index (κ1) is 14.0. The average molecular weight is 290 g/mol. The van der Waals surface area contributed by atoms with Gasteiger partial charge < -0.3 is 10.2 Å². The number of anilines is 1. The standard InChI is InChI=1S/C16H22N2OS/c19-16(9-8-13-5-3-4-10-17-13)18-11-12-20-15-7-2-1-6-14(15)18/h1-2,6-7,13,17H,3-5,8-12H2. The van der Waals surface area contributed by atoms with E-state index < -0.39 is 0 Å². The molecule has 1 unspecified atom stereocenters. The monoisotopic (exact) mass is 290 g/mol. The molecule has 0 bridgehead atoms. The van der Waals surface area contributed by atoms with E-state index in [-0.39, 0.29) is 5.91 Å². The van der Waals surface area contributed by atoms with E-state index in [1.165, 1.54) is 24.2 Å². The third kappa shape index (κ3) is 3.18. The number of hydrogen-bond donors (Lipinski definition) is 1. The minimum Gasteiger partial charge on any atom is -0.314 e. The molecule has 0 spiro atoms. The van der Waals surface area contributed by atoms with Crippen molar-refractivity contribution in [3.8, 4) is 0 Å². The van der Waals surface area contributed by atoms with Crippen molar-refractivity contribution in [3.05, 3.63) is 24.3 Å². The highest BCUT2D eigenvalue weighted by molar-refractivity contribution is 7.99. The Morgan fingerprint density at radius 3 is 3.10 bits per heavy atom. The summed E-state index contributed by atoms with van der Waals surface area (Å²) < 4.78 is 0. The number of thioether (sulfide) groups is 1. The Morgan fingerprint density at radius 1 is 1.35 bits per heavy atom. The summed E-state index contributed by atoms with van der Waals surface area (Å²) in [7, 11) is 0. The summed E-state index contributed by atoms with van der Waals surface area (Å²) in [5, 5.41) is 3.52. The van der Waals surface area contributed by atoms with E-state index in [0.29, 0.717) is 12.5 Å². The van der Waals surface area contributed by atoms with Crippen molar-refractivity contribution in [2.45, 2.75) is 43.0 Å². The van der Waals surface area contributed by atoms with Crippen LogP contribution in [0.2, 0.25) is 0 Å². The fraction of sp³-hybridized carbons (Fsp3) is 0.562. The van der Waals surface area contributed by atoms with E-state index in [0.717, 1.165) is 31.0 Å². The molecule has 2 aliphatic rings. The lowest BCUT2D eigenvalue weighted by Gasteiger charge is -2.30. The van der Waals surface area contributed by atoms with Crippen LogP contribution in [0, 0.1) is 0 Å². The number of carbonyl (C=O) groups is 1. The second-order valence-electron chi connectivity index (χ2n) is 5.55. The van der Waals surface area contributed by atoms with E-state index in [1.54, 1.807) is 0 Å². The average Bonchev–Trinajstić information content (AvgIpc) is 2.53. The zero-order valence-electron chi connectivity index (χ0n) is 11.8. The van der Waals surface area contributed by atoms with Crippen molar-refractivity contribution < 1.29 is 4.79 Å². The van der Waals surface area contributed by atoms with Gasteiger partial charge in [0.15, 0.2) is 0 Å². The number of rotatable bonds is 3. The summed E-state index contributed by atoms with van der Waals surface area (Å²) in [4.78, 5) is 15.7. The molecule has 0 aromatic heterocycles. The molecule has 2 aliphatic heterocycles. The van der Waals surface area contributed by atoms with Gasteiger partial charge in [0.1, 0.15) is 0 Å². The summed E-state index contributed by atoms with van der Waals surface area (Å²) in [6, 6.07) is 8.79. The van der Waals surface area contributed by atoms with E-state index in [1.807, 2.05) is 28.8 Å². The smallest absolute Gasteiger partial charge is 0.227 e. The molecule has 3 rings (SSSR count). The lowest BCUT2D eigenvalue weighted by Crippen LogP contribution is -2.38. The molecular weight excluding hydrogens is 268 g/mol. The van der Waals surface area contributed by atoms with Crippen LogP contribution in [0.4, 0.5) is 5.69 Å². The van der Waals surface area contributed by atoms with Gasteiger partial charge in [-0.1, -0.05) is 18.6 Å². The van der Waals surface area contributed by atoms with Crippen LogP contribution in [-0.4, -0.2) is 30.8 Å². The van der Waals surface area contributed by atoms with Gasteiger partial charge >= 0.3 is 0 Å². The van der Waals surface area contributed by atoms with E-state index in [4.69, 9.17) is 0 Å². The molecule has 0 saturated carbocycles. The number of carbonyl (C=O) groups excluding carboxylic acids is 1. The molecule has 20 heavy (non-hydrogen) atoms. The van der Waals surface area contributed by atoms with Crippen LogP contribution >= 0.6 is 11.8 Å². The molecule has 1 saturated heterocycles. The number of amides is 1. The SMILES string of the molecule is O=C(CCC1CCCCN1)N1CCSc2ccccc21. The van der Waals surface area contributed by atoms with Gasteiger partial charge in [0.25, 0.3) is 0 Å². The molecule has 1 N–H and O–H groups in total. The highest BCUT2D eigenvalue weighted by atomic mass is 32.2. The van der Waals surface area contributed by atoms with Gasteiger partial charge in [-0.25, -0.2) is 0 Å². The van der Waals surface area contributed by atoms with Crippen molar-refractivity contribution in [2.75, 3.05) is 23.7 Å². The molecule has 1 fully saturated rings. The highest BCUT2D eigenvalue weighted by Gasteiger charge is 2.23. The van der Waals surface area contributed by atoms with Gasteiger partial charge in [-0.3, -0.25) is 4.79 Å². The van der Waals surface area contributed by atoms with Crippen LogP contribution in [-0.2, 0) is 4.79 Å². The quantitative estimate of drug-likeness (QED) is 0.928. The second kappa shape index (κ2) is 6.64. The number of hydrogen-bond acceptors (Lipinski definition) is 3. The van der Waals surface area contributed by atoms with Crippen molar-refractivity contribution in [2.24, 2.45) is 0 Å². The lowest BCUT2D eigenvalue weighted by molar-refractivity contribution is -0.118. The Morgan fingerprint density at radius 2 is 2.25 bits per heavy atom. The van der Waals surface area contributed by atoms with Gasteiger partial charge in [0.05, 0.1) is 5.69 Å². The Hall–Kier alpha value is -1.00. The summed E-state index contributed by atoms with van der Waals surface area (Å²) in [6.45, 7) is 1.96. The fourth-order valence-corrected chi connectivity index (χ4v) is 4.03. The third-order valence-corrected chi connectivity index (χ3v) is 5.19. The minimum atomic E-state index is 0.283. The molecular formula is C16H22N2OS.